The van der Waals surface area contributed by atoms with Gasteiger partial charge >= 0.3 is 0 Å². The minimum absolute atomic E-state index is 0.0729. The molecule has 0 fully saturated rings. The van der Waals surface area contributed by atoms with E-state index in [4.69, 9.17) is 5.26 Å². The molecule has 0 spiro atoms. The normalized spacial score (nSPS) is 10.7. The van der Waals surface area contributed by atoms with Crippen molar-refractivity contribution in [2.24, 2.45) is 0 Å². The second kappa shape index (κ2) is 28.6. The zero-order chi connectivity index (χ0) is 64.9. The molecule has 0 N–H and O–H groups in total. The van der Waals surface area contributed by atoms with Crippen LogP contribution in [-0.4, -0.2) is 19.0 Å². The van der Waals surface area contributed by atoms with Crippen LogP contribution in [0.4, 0.5) is 62.6 Å². The van der Waals surface area contributed by atoms with Gasteiger partial charge < -0.3 is 19.6 Å². The summed E-state index contributed by atoms with van der Waals surface area (Å²) in [5.41, 5.74) is 24.9. The molecule has 0 amide bonds. The third kappa shape index (κ3) is 14.2. The van der Waals surface area contributed by atoms with Gasteiger partial charge in [-0.15, -0.1) is 0 Å². The van der Waals surface area contributed by atoms with Gasteiger partial charge in [0.1, 0.15) is 0 Å². The molecule has 0 radical (unpaired) electrons. The van der Waals surface area contributed by atoms with Gasteiger partial charge in [0.25, 0.3) is 5.69 Å². The molecular weight excluding hydrogens is 1160 g/mol. The average Bonchev–Trinajstić information content (AvgIpc) is 3.43. The van der Waals surface area contributed by atoms with Crippen molar-refractivity contribution >= 4 is 62.6 Å². The molecule has 14 rings (SSSR count). The van der Waals surface area contributed by atoms with Gasteiger partial charge in [0.05, 0.1) is 16.6 Å². The molecule has 0 bridgehead atoms. The van der Waals surface area contributed by atoms with Gasteiger partial charge in [0.2, 0.25) is 0 Å². The quantitative estimate of drug-likeness (QED) is 0.0664. The molecule has 0 aliphatic carbocycles. The number of nitro groups is 1. The molecular formula is C87H66N6O2. The smallest absolute Gasteiger partial charge is 0.271 e. The molecule has 14 aromatic rings. The van der Waals surface area contributed by atoms with Crippen LogP contribution in [0.25, 0.3) is 66.8 Å². The van der Waals surface area contributed by atoms with E-state index in [1.165, 1.54) is 39.4 Å². The van der Waals surface area contributed by atoms with Crippen molar-refractivity contribution in [2.45, 2.75) is 0 Å². The van der Waals surface area contributed by atoms with Crippen LogP contribution >= 0.6 is 0 Å². The number of nitro benzene ring substituents is 1. The fourth-order valence-electron chi connectivity index (χ4n) is 11.9. The molecule has 456 valence electrons. The van der Waals surface area contributed by atoms with E-state index in [1.807, 2.05) is 73.6 Å². The standard InChI is InChI=1S/C44H33N3.C43H33N3O2/c1-46(40-24-18-33(32-45)19-25-40)41-26-20-36(21-27-41)37-22-28-42(29-23-37)47(43-16-8-14-38(30-43)34-10-4-2-5-11-34)44-17-9-15-39(31-44)35-12-6-3-7-13-35;1-44(40-17-10-20-43(31-40)46(47)48)38-25-21-34(22-26-38)35-23-27-39(28-24-35)45(41-18-8-15-36(29-41)32-11-4-2-5-12-32)42-19-9-16-37(30-42)33-13-6-3-7-14-33/h2-31H,1H3;2-31H,1H3. The number of non-ortho nitro benzene ring substituents is 1. The summed E-state index contributed by atoms with van der Waals surface area (Å²) in [6.45, 7) is 0. The first kappa shape index (κ1) is 61.0. The molecule has 0 saturated carbocycles. The summed E-state index contributed by atoms with van der Waals surface area (Å²) in [5.74, 6) is 0. The molecule has 0 aliphatic heterocycles. The summed E-state index contributed by atoms with van der Waals surface area (Å²) < 4.78 is 0. The second-order valence-corrected chi connectivity index (χ2v) is 23.1. The Morgan fingerprint density at radius 2 is 0.495 bits per heavy atom. The summed E-state index contributed by atoms with van der Waals surface area (Å²) >= 11 is 0. The Kier molecular flexibility index (Phi) is 18.3. The van der Waals surface area contributed by atoms with Crippen LogP contribution in [0.3, 0.4) is 0 Å². The lowest BCUT2D eigenvalue weighted by atomic mass is 10.0. The Balaban J connectivity index is 0.000000172. The highest BCUT2D eigenvalue weighted by Gasteiger charge is 2.19. The van der Waals surface area contributed by atoms with E-state index in [9.17, 15) is 10.1 Å². The van der Waals surface area contributed by atoms with E-state index in [0.717, 1.165) is 90.3 Å². The minimum Gasteiger partial charge on any atom is -0.345 e. The number of hydrogen-bond donors (Lipinski definition) is 0. The fraction of sp³-hybridized carbons (Fsp3) is 0.0230. The fourth-order valence-corrected chi connectivity index (χ4v) is 11.9. The third-order valence-electron chi connectivity index (χ3n) is 17.1. The van der Waals surface area contributed by atoms with Crippen molar-refractivity contribution in [2.75, 3.05) is 33.7 Å². The maximum atomic E-state index is 11.3. The summed E-state index contributed by atoms with van der Waals surface area (Å²) in [4.78, 5) is 19.6. The Morgan fingerprint density at radius 3 is 0.789 bits per heavy atom. The second-order valence-electron chi connectivity index (χ2n) is 23.1. The SMILES string of the molecule is CN(c1ccc(-c2ccc(N(c3cccc(-c4ccccc4)c3)c3cccc(-c4ccccc4)c3)cc2)cc1)c1cccc([N+](=O)[O-])c1.CN(c1ccc(C#N)cc1)c1ccc(-c2ccc(N(c3cccc(-c4ccccc4)c3)c3cccc(-c4ccccc4)c3)cc2)cc1. The molecule has 0 aromatic heterocycles. The van der Waals surface area contributed by atoms with Gasteiger partial charge in [-0.05, 0) is 194 Å². The molecule has 95 heavy (non-hydrogen) atoms. The maximum absolute atomic E-state index is 11.3. The Hall–Kier alpha value is -12.8. The number of rotatable bonds is 17. The number of nitrogens with zero attached hydrogens (tertiary/aromatic N) is 6. The van der Waals surface area contributed by atoms with Crippen LogP contribution < -0.4 is 19.6 Å². The van der Waals surface area contributed by atoms with Crippen LogP contribution in [0.2, 0.25) is 0 Å². The molecule has 0 atom stereocenters. The Morgan fingerprint density at radius 1 is 0.253 bits per heavy atom. The number of hydrogen-bond acceptors (Lipinski definition) is 7. The molecule has 8 nitrogen and oxygen atoms in total. The van der Waals surface area contributed by atoms with Crippen LogP contribution in [-0.2, 0) is 0 Å². The first-order valence-electron chi connectivity index (χ1n) is 31.5. The van der Waals surface area contributed by atoms with E-state index in [-0.39, 0.29) is 10.6 Å². The summed E-state index contributed by atoms with van der Waals surface area (Å²) in [5, 5.41) is 20.4. The molecule has 0 saturated heterocycles. The van der Waals surface area contributed by atoms with Crippen molar-refractivity contribution in [3.63, 3.8) is 0 Å². The predicted octanol–water partition coefficient (Wildman–Crippen LogP) is 23.6. The molecule has 0 heterocycles. The van der Waals surface area contributed by atoms with Crippen molar-refractivity contribution in [3.05, 3.63) is 380 Å². The Labute approximate surface area is 555 Å². The minimum atomic E-state index is -0.370. The van der Waals surface area contributed by atoms with Crippen molar-refractivity contribution in [1.82, 2.24) is 0 Å². The van der Waals surface area contributed by atoms with Crippen molar-refractivity contribution in [3.8, 4) is 72.8 Å². The predicted molar refractivity (Wildman–Crippen MR) is 395 cm³/mol. The molecule has 0 unspecified atom stereocenters. The topological polar surface area (TPSA) is 79.9 Å². The van der Waals surface area contributed by atoms with Crippen molar-refractivity contribution < 1.29 is 4.92 Å². The van der Waals surface area contributed by atoms with E-state index in [1.54, 1.807) is 12.1 Å². The van der Waals surface area contributed by atoms with Gasteiger partial charge in [-0.25, -0.2) is 0 Å². The number of anilines is 10. The van der Waals surface area contributed by atoms with Crippen molar-refractivity contribution in [1.29, 1.82) is 5.26 Å². The monoisotopic (exact) mass is 1230 g/mol. The highest BCUT2D eigenvalue weighted by Crippen LogP contribution is 2.42. The largest absolute Gasteiger partial charge is 0.345 e. The highest BCUT2D eigenvalue weighted by molar-refractivity contribution is 5.86. The first-order chi connectivity index (χ1) is 46.7. The van der Waals surface area contributed by atoms with Crippen LogP contribution in [0.5, 0.6) is 0 Å². The first-order valence-corrected chi connectivity index (χ1v) is 31.5. The van der Waals surface area contributed by atoms with Crippen LogP contribution in [0.15, 0.2) is 364 Å². The number of nitriles is 1. The molecule has 0 aliphatic rings. The zero-order valence-electron chi connectivity index (χ0n) is 52.6. The lowest BCUT2D eigenvalue weighted by Crippen LogP contribution is -2.10. The maximum Gasteiger partial charge on any atom is 0.271 e. The van der Waals surface area contributed by atoms with Gasteiger partial charge in [0.15, 0.2) is 0 Å². The average molecular weight is 1230 g/mol. The van der Waals surface area contributed by atoms with Gasteiger partial charge in [0, 0.05) is 83.1 Å². The van der Waals surface area contributed by atoms with E-state index >= 15 is 0 Å². The lowest BCUT2D eigenvalue weighted by molar-refractivity contribution is -0.384. The lowest BCUT2D eigenvalue weighted by Gasteiger charge is -2.27. The third-order valence-corrected chi connectivity index (χ3v) is 17.1. The van der Waals surface area contributed by atoms with Crippen LogP contribution in [0.1, 0.15) is 5.56 Å². The molecule has 8 heteroatoms. The summed E-state index contributed by atoms with van der Waals surface area (Å²) in [6.07, 6.45) is 0. The molecule has 14 aromatic carbocycles. The van der Waals surface area contributed by atoms with E-state index < -0.39 is 0 Å². The van der Waals surface area contributed by atoms with Gasteiger partial charge in [-0.2, -0.15) is 5.26 Å². The van der Waals surface area contributed by atoms with E-state index in [0.29, 0.717) is 5.56 Å². The highest BCUT2D eigenvalue weighted by atomic mass is 16.6. The van der Waals surface area contributed by atoms with E-state index in [2.05, 4.69) is 312 Å². The summed E-state index contributed by atoms with van der Waals surface area (Å²) in [6, 6.07) is 128. The summed E-state index contributed by atoms with van der Waals surface area (Å²) in [7, 11) is 3.95. The number of benzene rings is 14. The zero-order valence-corrected chi connectivity index (χ0v) is 52.6. The Bertz CT molecular complexity index is 4760. The van der Waals surface area contributed by atoms with Crippen LogP contribution in [0, 0.1) is 21.4 Å². The van der Waals surface area contributed by atoms with Gasteiger partial charge in [-0.1, -0.05) is 224 Å². The van der Waals surface area contributed by atoms with Gasteiger partial charge in [-0.3, -0.25) is 10.1 Å².